The number of hydrogen-bond donors (Lipinski definition) is 2. The number of aromatic nitrogens is 2. The molecule has 3 aliphatic rings. The lowest BCUT2D eigenvalue weighted by atomic mass is 9.72. The number of halogens is 1. The first kappa shape index (κ1) is 31.5. The molecule has 3 saturated heterocycles. The number of nitrogens with one attached hydrogen (secondary N) is 1. The molecule has 1 aromatic carbocycles. The maximum Gasteiger partial charge on any atom is 0.274 e. The van der Waals surface area contributed by atoms with Gasteiger partial charge in [-0.3, -0.25) is 4.79 Å². The number of hydrogen-bond acceptors (Lipinski definition) is 9. The number of carbonyl (C=O) groups is 1. The molecule has 3 fully saturated rings. The van der Waals surface area contributed by atoms with Crippen LogP contribution in [0.5, 0.6) is 11.5 Å². The fraction of sp³-hybridized carbons (Fsp3) is 0.621. The largest absolute Gasteiger partial charge is 0.451 e. The van der Waals surface area contributed by atoms with Gasteiger partial charge in [0.1, 0.15) is 17.9 Å². The molecule has 0 radical (unpaired) electrons. The van der Waals surface area contributed by atoms with Crippen molar-refractivity contribution in [1.29, 1.82) is 0 Å². The predicted molar refractivity (Wildman–Crippen MR) is 160 cm³/mol. The van der Waals surface area contributed by atoms with Gasteiger partial charge in [-0.25, -0.2) is 19.5 Å². The van der Waals surface area contributed by atoms with Crippen LogP contribution in [0.15, 0.2) is 30.7 Å². The quantitative estimate of drug-likeness (QED) is 0.410. The summed E-state index contributed by atoms with van der Waals surface area (Å²) in [5.41, 5.74) is 0.350. The molecule has 1 spiro atoms. The Morgan fingerprint density at radius 2 is 2.00 bits per heavy atom. The second-order valence-electron chi connectivity index (χ2n) is 12.2. The zero-order chi connectivity index (χ0) is 30.8. The van der Waals surface area contributed by atoms with Crippen molar-refractivity contribution in [2.75, 3.05) is 50.8 Å². The van der Waals surface area contributed by atoms with Crippen molar-refractivity contribution >= 4 is 21.9 Å². The number of nitrogens with two attached hydrogens (primary N) is 1. The molecule has 3 aliphatic heterocycles. The van der Waals surface area contributed by atoms with Gasteiger partial charge < -0.3 is 24.2 Å². The second kappa shape index (κ2) is 13.0. The van der Waals surface area contributed by atoms with Crippen molar-refractivity contribution < 1.29 is 27.1 Å². The van der Waals surface area contributed by atoms with Crippen LogP contribution in [0.25, 0.3) is 0 Å². The molecular weight excluding hydrogens is 577 g/mol. The predicted octanol–water partition coefficient (Wildman–Crippen LogP) is 2.52. The van der Waals surface area contributed by atoms with Crippen LogP contribution in [0, 0.1) is 11.2 Å². The summed E-state index contributed by atoms with van der Waals surface area (Å²) in [6.07, 6.45) is 6.74. The van der Waals surface area contributed by atoms with Crippen molar-refractivity contribution in [2.24, 2.45) is 10.6 Å². The molecule has 2 aromatic rings. The van der Waals surface area contributed by atoms with E-state index in [2.05, 4.69) is 24.5 Å². The van der Waals surface area contributed by atoms with Crippen LogP contribution < -0.4 is 19.5 Å². The van der Waals surface area contributed by atoms with Gasteiger partial charge in [-0.05, 0) is 77.7 Å². The Kier molecular flexibility index (Phi) is 9.52. The Labute approximate surface area is 252 Å². The molecule has 43 heavy (non-hydrogen) atoms. The molecule has 0 aliphatic carbocycles. The van der Waals surface area contributed by atoms with Gasteiger partial charge in [-0.1, -0.05) is 0 Å². The van der Waals surface area contributed by atoms with Gasteiger partial charge in [0.15, 0.2) is 11.6 Å². The minimum Gasteiger partial charge on any atom is -0.451 e. The molecule has 4 heterocycles. The Morgan fingerprint density at radius 1 is 1.26 bits per heavy atom. The number of nitrogens with zero attached hydrogens (tertiary/aromatic N) is 5. The van der Waals surface area contributed by atoms with E-state index in [0.29, 0.717) is 31.1 Å². The van der Waals surface area contributed by atoms with Crippen molar-refractivity contribution in [3.8, 4) is 11.5 Å². The summed E-state index contributed by atoms with van der Waals surface area (Å²) in [6, 6.07) is 3.67. The second-order valence-corrected chi connectivity index (χ2v) is 13.5. The smallest absolute Gasteiger partial charge is 0.274 e. The standard InChI is InChI=1S/C29H42FN7O5S/c1-4-37(20(2)3)28(38)24-13-21(30)5-8-25(24)42-26-14-32-19-33-27(26)36-17-29(18-36)9-11-35(12-10-29)15-23-7-6-22(16-41-23)34-43(31,39)40/h5,8,13-14,19-20,22-23,34H,4,6-7,9-12,15-18H2,1-3H3,(H2,31,39,40)/t22-,23+/m1/s1. The van der Waals surface area contributed by atoms with Crippen molar-refractivity contribution in [3.05, 3.63) is 42.1 Å². The lowest BCUT2D eigenvalue weighted by molar-refractivity contribution is -0.0299. The first-order chi connectivity index (χ1) is 20.4. The van der Waals surface area contributed by atoms with E-state index in [9.17, 15) is 17.6 Å². The van der Waals surface area contributed by atoms with E-state index in [-0.39, 0.29) is 40.8 Å². The monoisotopic (exact) mass is 619 g/mol. The van der Waals surface area contributed by atoms with Gasteiger partial charge in [0, 0.05) is 43.7 Å². The highest BCUT2D eigenvalue weighted by Crippen LogP contribution is 2.45. The summed E-state index contributed by atoms with van der Waals surface area (Å²) < 4.78 is 51.3. The SMILES string of the molecule is CCN(C(=O)c1cc(F)ccc1Oc1cncnc1N1CC2(CCN(C[C@@H]3CC[C@@H](NS(N)(=O)=O)CO3)CC2)C1)C(C)C. The number of likely N-dealkylation sites (tertiary alicyclic amines) is 1. The minimum atomic E-state index is -3.72. The average Bonchev–Trinajstić information content (AvgIpc) is 2.94. The van der Waals surface area contributed by atoms with E-state index in [1.807, 2.05) is 20.8 Å². The van der Waals surface area contributed by atoms with Crippen LogP contribution in [0.1, 0.15) is 56.8 Å². The summed E-state index contributed by atoms with van der Waals surface area (Å²) in [7, 11) is -3.72. The van der Waals surface area contributed by atoms with Crippen LogP contribution in [-0.4, -0.2) is 98.2 Å². The number of anilines is 1. The third kappa shape index (κ3) is 7.60. The number of ether oxygens (including phenoxy) is 2. The molecule has 0 unspecified atom stereocenters. The van der Waals surface area contributed by atoms with E-state index < -0.39 is 16.0 Å². The van der Waals surface area contributed by atoms with Crippen LogP contribution in [0.4, 0.5) is 10.2 Å². The summed E-state index contributed by atoms with van der Waals surface area (Å²) >= 11 is 0. The number of piperidine rings is 1. The summed E-state index contributed by atoms with van der Waals surface area (Å²) in [5.74, 6) is 0.544. The third-order valence-corrected chi connectivity index (χ3v) is 9.37. The molecule has 5 rings (SSSR count). The summed E-state index contributed by atoms with van der Waals surface area (Å²) in [5, 5.41) is 5.08. The highest BCUT2D eigenvalue weighted by Gasteiger charge is 2.46. The molecule has 1 amide bonds. The van der Waals surface area contributed by atoms with Gasteiger partial charge >= 0.3 is 0 Å². The zero-order valence-corrected chi connectivity index (χ0v) is 25.9. The van der Waals surface area contributed by atoms with Crippen molar-refractivity contribution in [1.82, 2.24) is 24.5 Å². The lowest BCUT2D eigenvalue weighted by Gasteiger charge is -2.54. The minimum absolute atomic E-state index is 0.0461. The lowest BCUT2D eigenvalue weighted by Crippen LogP contribution is -2.61. The van der Waals surface area contributed by atoms with E-state index in [1.54, 1.807) is 11.1 Å². The third-order valence-electron chi connectivity index (χ3n) is 8.71. The fourth-order valence-corrected chi connectivity index (χ4v) is 7.05. The van der Waals surface area contributed by atoms with Crippen LogP contribution in [0.2, 0.25) is 0 Å². The first-order valence-corrected chi connectivity index (χ1v) is 16.5. The van der Waals surface area contributed by atoms with E-state index in [0.717, 1.165) is 52.0 Å². The maximum atomic E-state index is 14.2. The molecule has 0 bridgehead atoms. The summed E-state index contributed by atoms with van der Waals surface area (Å²) in [6.45, 7) is 11.0. The zero-order valence-electron chi connectivity index (χ0n) is 25.0. The average molecular weight is 620 g/mol. The van der Waals surface area contributed by atoms with Gasteiger partial charge in [-0.15, -0.1) is 0 Å². The highest BCUT2D eigenvalue weighted by atomic mass is 32.2. The maximum absolute atomic E-state index is 14.2. The van der Waals surface area contributed by atoms with Crippen molar-refractivity contribution in [2.45, 2.75) is 64.6 Å². The Hall–Kier alpha value is -2.91. The van der Waals surface area contributed by atoms with Crippen LogP contribution >= 0.6 is 0 Å². The molecular formula is C29H42FN7O5S. The molecule has 0 saturated carbocycles. The normalized spacial score (nSPS) is 22.4. The molecule has 236 valence electrons. The first-order valence-electron chi connectivity index (χ1n) is 14.9. The van der Waals surface area contributed by atoms with Gasteiger partial charge in [-0.2, -0.15) is 13.1 Å². The van der Waals surface area contributed by atoms with Gasteiger partial charge in [0.25, 0.3) is 16.1 Å². The van der Waals surface area contributed by atoms with E-state index in [1.165, 1.54) is 24.5 Å². The molecule has 1 aromatic heterocycles. The van der Waals surface area contributed by atoms with Gasteiger partial charge in [0.05, 0.1) is 24.5 Å². The number of benzene rings is 1. The Morgan fingerprint density at radius 3 is 2.63 bits per heavy atom. The molecule has 3 N–H and O–H groups in total. The Bertz CT molecular complexity index is 1390. The fourth-order valence-electron chi connectivity index (χ4n) is 6.40. The van der Waals surface area contributed by atoms with E-state index >= 15 is 0 Å². The highest BCUT2D eigenvalue weighted by molar-refractivity contribution is 7.87. The Balaban J connectivity index is 1.17. The molecule has 2 atom stereocenters. The van der Waals surface area contributed by atoms with Crippen molar-refractivity contribution in [3.63, 3.8) is 0 Å². The summed E-state index contributed by atoms with van der Waals surface area (Å²) in [4.78, 5) is 28.2. The molecule has 14 heteroatoms. The number of carbonyl (C=O) groups excluding carboxylic acids is 1. The molecule has 12 nitrogen and oxygen atoms in total. The number of amides is 1. The topological polar surface area (TPSA) is 143 Å². The van der Waals surface area contributed by atoms with Crippen LogP contribution in [-0.2, 0) is 14.9 Å². The van der Waals surface area contributed by atoms with E-state index in [4.69, 9.17) is 14.6 Å². The van der Waals surface area contributed by atoms with Gasteiger partial charge in [0.2, 0.25) is 0 Å². The number of rotatable bonds is 10. The van der Waals surface area contributed by atoms with Crippen LogP contribution in [0.3, 0.4) is 0 Å².